The zero-order valence-corrected chi connectivity index (χ0v) is 12.4. The van der Waals surface area contributed by atoms with Gasteiger partial charge in [0.2, 0.25) is 11.8 Å². The summed E-state index contributed by atoms with van der Waals surface area (Å²) in [7, 11) is 0. The number of anilines is 1. The van der Waals surface area contributed by atoms with Gasteiger partial charge in [-0.25, -0.2) is 4.39 Å². The van der Waals surface area contributed by atoms with Crippen molar-refractivity contribution >= 4 is 17.5 Å². The maximum absolute atomic E-state index is 13.1. The zero-order chi connectivity index (χ0) is 15.5. The van der Waals surface area contributed by atoms with Gasteiger partial charge >= 0.3 is 0 Å². The van der Waals surface area contributed by atoms with E-state index in [4.69, 9.17) is 0 Å². The third kappa shape index (κ3) is 3.80. The van der Waals surface area contributed by atoms with Gasteiger partial charge in [0.1, 0.15) is 11.2 Å². The van der Waals surface area contributed by atoms with Crippen molar-refractivity contribution in [3.8, 4) is 0 Å². The van der Waals surface area contributed by atoms with Gasteiger partial charge in [-0.3, -0.25) is 9.59 Å². The first kappa shape index (κ1) is 15.5. The van der Waals surface area contributed by atoms with Gasteiger partial charge in [0, 0.05) is 11.7 Å². The number of benzene rings is 1. The van der Waals surface area contributed by atoms with Gasteiger partial charge in [-0.15, -0.1) is 0 Å². The van der Waals surface area contributed by atoms with Crippen molar-refractivity contribution < 1.29 is 14.0 Å². The van der Waals surface area contributed by atoms with E-state index in [1.807, 2.05) is 0 Å². The topological polar surface area (TPSA) is 58.2 Å². The highest BCUT2D eigenvalue weighted by Gasteiger charge is 2.37. The summed E-state index contributed by atoms with van der Waals surface area (Å²) < 4.78 is 13.1. The Hall–Kier alpha value is -1.91. The fourth-order valence-electron chi connectivity index (χ4n) is 2.39. The summed E-state index contributed by atoms with van der Waals surface area (Å²) >= 11 is 0. The Bertz CT molecular complexity index is 537. The molecule has 1 fully saturated rings. The molecule has 0 heterocycles. The largest absolute Gasteiger partial charge is 0.352 e. The van der Waals surface area contributed by atoms with Gasteiger partial charge in [-0.05, 0) is 44.9 Å². The Morgan fingerprint density at radius 3 is 2.48 bits per heavy atom. The lowest BCUT2D eigenvalue weighted by Crippen LogP contribution is -2.47. The first-order valence-electron chi connectivity index (χ1n) is 7.27. The number of halogens is 1. The molecule has 21 heavy (non-hydrogen) atoms. The molecule has 0 saturated heterocycles. The number of hydrogen-bond acceptors (Lipinski definition) is 2. The normalized spacial score (nSPS) is 15.8. The van der Waals surface area contributed by atoms with Crippen LogP contribution in [-0.2, 0) is 9.59 Å². The highest BCUT2D eigenvalue weighted by Crippen LogP contribution is 2.23. The molecule has 0 aromatic heterocycles. The van der Waals surface area contributed by atoms with Crippen LogP contribution in [-0.4, -0.2) is 17.9 Å². The van der Waals surface area contributed by atoms with Gasteiger partial charge in [0.25, 0.3) is 0 Å². The second-order valence-electron chi connectivity index (χ2n) is 6.04. The van der Waals surface area contributed by atoms with Crippen LogP contribution in [0.3, 0.4) is 0 Å². The summed E-state index contributed by atoms with van der Waals surface area (Å²) in [5.41, 5.74) is -0.851. The zero-order valence-electron chi connectivity index (χ0n) is 12.4. The molecule has 0 bridgehead atoms. The lowest BCUT2D eigenvalue weighted by Gasteiger charge is -2.25. The molecule has 1 aliphatic rings. The van der Waals surface area contributed by atoms with Crippen LogP contribution in [0, 0.1) is 11.2 Å². The molecule has 2 rings (SSSR count). The Morgan fingerprint density at radius 1 is 1.19 bits per heavy atom. The predicted molar refractivity (Wildman–Crippen MR) is 79.2 cm³/mol. The van der Waals surface area contributed by atoms with E-state index in [9.17, 15) is 14.0 Å². The van der Waals surface area contributed by atoms with E-state index in [0.717, 1.165) is 25.7 Å². The second kappa shape index (κ2) is 6.24. The summed E-state index contributed by atoms with van der Waals surface area (Å²) in [4.78, 5) is 24.5. The molecule has 0 aliphatic heterocycles. The number of rotatable bonds is 4. The van der Waals surface area contributed by atoms with Gasteiger partial charge in [-0.1, -0.05) is 18.9 Å². The molecule has 5 heteroatoms. The predicted octanol–water partition coefficient (Wildman–Crippen LogP) is 2.85. The number of nitrogens with one attached hydrogen (secondary N) is 2. The van der Waals surface area contributed by atoms with Gasteiger partial charge in [0.15, 0.2) is 0 Å². The van der Waals surface area contributed by atoms with Crippen LogP contribution in [0.2, 0.25) is 0 Å². The maximum Gasteiger partial charge on any atom is 0.239 e. The van der Waals surface area contributed by atoms with Crippen LogP contribution < -0.4 is 10.6 Å². The lowest BCUT2D eigenvalue weighted by molar-refractivity contribution is -0.138. The molecule has 1 saturated carbocycles. The number of amides is 2. The van der Waals surface area contributed by atoms with Crippen LogP contribution >= 0.6 is 0 Å². The van der Waals surface area contributed by atoms with Crippen LogP contribution in [0.1, 0.15) is 39.5 Å². The molecule has 0 radical (unpaired) electrons. The van der Waals surface area contributed by atoms with Crippen molar-refractivity contribution in [1.82, 2.24) is 5.32 Å². The minimum absolute atomic E-state index is 0.166. The van der Waals surface area contributed by atoms with Crippen LogP contribution in [0.25, 0.3) is 0 Å². The molecular weight excluding hydrogens is 271 g/mol. The second-order valence-corrected chi connectivity index (χ2v) is 6.04. The molecule has 114 valence electrons. The molecule has 1 aliphatic carbocycles. The molecular formula is C16H21FN2O2. The Kier molecular flexibility index (Phi) is 4.60. The molecule has 0 unspecified atom stereocenters. The lowest BCUT2D eigenvalue weighted by atomic mass is 9.90. The van der Waals surface area contributed by atoms with Crippen LogP contribution in [0.4, 0.5) is 10.1 Å². The highest BCUT2D eigenvalue weighted by atomic mass is 19.1. The average molecular weight is 292 g/mol. The van der Waals surface area contributed by atoms with Crippen molar-refractivity contribution in [3.05, 3.63) is 30.1 Å². The minimum atomic E-state index is -1.20. The van der Waals surface area contributed by atoms with Crippen molar-refractivity contribution in [3.63, 3.8) is 0 Å². The maximum atomic E-state index is 13.1. The van der Waals surface area contributed by atoms with E-state index in [0.29, 0.717) is 5.69 Å². The molecule has 2 N–H and O–H groups in total. The minimum Gasteiger partial charge on any atom is -0.352 e. The smallest absolute Gasteiger partial charge is 0.239 e. The third-order valence-electron chi connectivity index (χ3n) is 3.91. The third-order valence-corrected chi connectivity index (χ3v) is 3.91. The molecule has 2 amide bonds. The highest BCUT2D eigenvalue weighted by molar-refractivity contribution is 6.09. The summed E-state index contributed by atoms with van der Waals surface area (Å²) in [5, 5.41) is 5.51. The van der Waals surface area contributed by atoms with E-state index >= 15 is 0 Å². The van der Waals surface area contributed by atoms with Crippen molar-refractivity contribution in [1.29, 1.82) is 0 Å². The summed E-state index contributed by atoms with van der Waals surface area (Å²) in [5.74, 6) is -1.16. The first-order valence-corrected chi connectivity index (χ1v) is 7.27. The summed E-state index contributed by atoms with van der Waals surface area (Å²) in [6, 6.07) is 5.79. The fourth-order valence-corrected chi connectivity index (χ4v) is 2.39. The van der Waals surface area contributed by atoms with Gasteiger partial charge in [0.05, 0.1) is 0 Å². The number of hydrogen-bond donors (Lipinski definition) is 2. The van der Waals surface area contributed by atoms with Crippen molar-refractivity contribution in [2.75, 3.05) is 5.32 Å². The van der Waals surface area contributed by atoms with Gasteiger partial charge < -0.3 is 10.6 Å². The number of carbonyl (C=O) groups is 2. The fraction of sp³-hybridized carbons (Fsp3) is 0.500. The summed E-state index contributed by atoms with van der Waals surface area (Å²) in [6.07, 6.45) is 4.16. The standard InChI is InChI=1S/C16H21FN2O2/c1-16(2,14(20)18-12-7-3-4-8-12)15(21)19-13-9-5-6-11(17)10-13/h5-6,9-10,12H,3-4,7-8H2,1-2H3,(H,18,20)(H,19,21). The van der Waals surface area contributed by atoms with Crippen molar-refractivity contribution in [2.24, 2.45) is 5.41 Å². The molecule has 0 spiro atoms. The van der Waals surface area contributed by atoms with E-state index in [-0.39, 0.29) is 11.9 Å². The monoisotopic (exact) mass is 292 g/mol. The summed E-state index contributed by atoms with van der Waals surface area (Å²) in [6.45, 7) is 3.15. The molecule has 1 aromatic carbocycles. The SMILES string of the molecule is CC(C)(C(=O)Nc1cccc(F)c1)C(=O)NC1CCCC1. The quantitative estimate of drug-likeness (QED) is 0.838. The Labute approximate surface area is 124 Å². The van der Waals surface area contributed by atoms with Crippen LogP contribution in [0.15, 0.2) is 24.3 Å². The Morgan fingerprint density at radius 2 is 1.86 bits per heavy atom. The van der Waals surface area contributed by atoms with Crippen molar-refractivity contribution in [2.45, 2.75) is 45.6 Å². The first-order chi connectivity index (χ1) is 9.89. The number of carbonyl (C=O) groups excluding carboxylic acids is 2. The molecule has 4 nitrogen and oxygen atoms in total. The van der Waals surface area contributed by atoms with E-state index < -0.39 is 17.1 Å². The van der Waals surface area contributed by atoms with E-state index in [2.05, 4.69) is 10.6 Å². The Balaban J connectivity index is 2.00. The van der Waals surface area contributed by atoms with E-state index in [1.54, 1.807) is 19.9 Å². The average Bonchev–Trinajstić information content (AvgIpc) is 2.91. The van der Waals surface area contributed by atoms with E-state index in [1.165, 1.54) is 18.2 Å². The molecule has 1 aromatic rings. The molecule has 0 atom stereocenters. The van der Waals surface area contributed by atoms with Gasteiger partial charge in [-0.2, -0.15) is 0 Å². The van der Waals surface area contributed by atoms with Crippen LogP contribution in [0.5, 0.6) is 0 Å².